The van der Waals surface area contributed by atoms with E-state index in [4.69, 9.17) is 24.3 Å². The van der Waals surface area contributed by atoms with E-state index in [9.17, 15) is 19.0 Å². The summed E-state index contributed by atoms with van der Waals surface area (Å²) in [7, 11) is -4.41. The highest BCUT2D eigenvalue weighted by Gasteiger charge is 2.26. The highest BCUT2D eigenvalue weighted by Crippen LogP contribution is 2.43. The molecule has 9 nitrogen and oxygen atoms in total. The van der Waals surface area contributed by atoms with E-state index in [0.29, 0.717) is 6.42 Å². The number of nitrogens with two attached hydrogens (primary N) is 1. The first kappa shape index (κ1) is 84.9. The lowest BCUT2D eigenvalue weighted by atomic mass is 10.0. The average molecular weight is 1260 g/mol. The Bertz CT molecular complexity index is 1970. The number of carbonyl (C=O) groups excluding carboxylic acids is 2. The second-order valence-electron chi connectivity index (χ2n) is 23.7. The normalized spacial score (nSPS) is 13.8. The molecular weight excluding hydrogens is 1120 g/mol. The fraction of sp³-hybridized carbons (Fsp3) is 0.671. The van der Waals surface area contributed by atoms with Crippen LogP contribution >= 0.6 is 7.82 Å². The molecule has 0 aromatic rings. The zero-order chi connectivity index (χ0) is 64.4. The Kier molecular flexibility index (Phi) is 69.6. The lowest BCUT2D eigenvalue weighted by molar-refractivity contribution is -0.161. The molecular formula is C79H134NO8P. The van der Waals surface area contributed by atoms with Gasteiger partial charge in [0.1, 0.15) is 6.61 Å². The standard InChI is InChI=1S/C79H134NO8P/c1-3-5-7-9-11-13-15-17-19-21-23-25-27-29-31-32-33-34-35-36-37-38-39-40-41-42-43-44-46-47-49-51-53-55-57-59-61-63-65-67-69-71-78(81)85-75-77(76-87-89(83,84)86-74-73-80)88-79(82)72-70-68-66-64-62-60-58-56-54-52-50-48-45-30-28-26-24-22-20-18-16-14-12-10-8-6-4-2/h5-8,11-14,17-20,23-26,29-31,45,50,52,56,58,77H,3-4,9-10,15-16,21-22,27-28,32-44,46-49,51,53-55,57,59-76,80H2,1-2H3,(H,83,84)/b7-5-,8-6-,13-11-,14-12-,19-17-,20-18-,25-23-,26-24-,31-29-,45-30-,52-50-,58-56-. The number of carbonyl (C=O) groups is 2. The molecule has 0 aliphatic heterocycles. The lowest BCUT2D eigenvalue weighted by Gasteiger charge is -2.19. The minimum absolute atomic E-state index is 0.0446. The van der Waals surface area contributed by atoms with E-state index < -0.39 is 26.5 Å². The van der Waals surface area contributed by atoms with Crippen LogP contribution in [-0.2, 0) is 32.7 Å². The van der Waals surface area contributed by atoms with Crippen molar-refractivity contribution >= 4 is 19.8 Å². The molecule has 89 heavy (non-hydrogen) atoms. The van der Waals surface area contributed by atoms with Crippen LogP contribution in [0.4, 0.5) is 0 Å². The monoisotopic (exact) mass is 1260 g/mol. The first-order chi connectivity index (χ1) is 43.8. The molecule has 2 unspecified atom stereocenters. The summed E-state index contributed by atoms with van der Waals surface area (Å²) >= 11 is 0. The van der Waals surface area contributed by atoms with Crippen LogP contribution in [0.1, 0.15) is 309 Å². The van der Waals surface area contributed by atoms with Crippen molar-refractivity contribution in [3.63, 3.8) is 0 Å². The smallest absolute Gasteiger partial charge is 0.462 e. The topological polar surface area (TPSA) is 134 Å². The molecule has 3 N–H and O–H groups in total. The fourth-order valence-electron chi connectivity index (χ4n) is 9.94. The largest absolute Gasteiger partial charge is 0.472 e. The number of esters is 2. The van der Waals surface area contributed by atoms with Gasteiger partial charge in [0.15, 0.2) is 6.10 Å². The van der Waals surface area contributed by atoms with Crippen LogP contribution in [0.25, 0.3) is 0 Å². The van der Waals surface area contributed by atoms with E-state index in [2.05, 4.69) is 160 Å². The van der Waals surface area contributed by atoms with E-state index in [1.165, 1.54) is 148 Å². The van der Waals surface area contributed by atoms with Crippen molar-refractivity contribution < 1.29 is 37.6 Å². The summed E-state index contributed by atoms with van der Waals surface area (Å²) in [5.74, 6) is -0.847. The van der Waals surface area contributed by atoms with Crippen molar-refractivity contribution in [2.45, 2.75) is 315 Å². The molecule has 10 heteroatoms. The predicted octanol–water partition coefficient (Wildman–Crippen LogP) is 24.2. The number of phosphoric ester groups is 1. The van der Waals surface area contributed by atoms with Crippen LogP contribution < -0.4 is 5.73 Å². The summed E-state index contributed by atoms with van der Waals surface area (Å²) in [5, 5.41) is 0. The highest BCUT2D eigenvalue weighted by molar-refractivity contribution is 7.47. The Morgan fingerprint density at radius 1 is 0.337 bits per heavy atom. The van der Waals surface area contributed by atoms with Crippen LogP contribution in [0, 0.1) is 0 Å². The van der Waals surface area contributed by atoms with E-state index in [-0.39, 0.29) is 38.6 Å². The van der Waals surface area contributed by atoms with Crippen LogP contribution in [0.2, 0.25) is 0 Å². The van der Waals surface area contributed by atoms with Crippen LogP contribution in [0.15, 0.2) is 146 Å². The third-order valence-corrected chi connectivity index (χ3v) is 16.2. The van der Waals surface area contributed by atoms with Gasteiger partial charge in [-0.2, -0.15) is 0 Å². The highest BCUT2D eigenvalue weighted by atomic mass is 31.2. The van der Waals surface area contributed by atoms with Gasteiger partial charge in [0.2, 0.25) is 0 Å². The van der Waals surface area contributed by atoms with Crippen molar-refractivity contribution in [2.75, 3.05) is 26.4 Å². The summed E-state index contributed by atoms with van der Waals surface area (Å²) < 4.78 is 33.2. The van der Waals surface area contributed by atoms with Gasteiger partial charge in [0, 0.05) is 19.4 Å². The molecule has 0 aromatic carbocycles. The van der Waals surface area contributed by atoms with E-state index in [0.717, 1.165) is 128 Å². The second-order valence-corrected chi connectivity index (χ2v) is 25.1. The number of hydrogen-bond donors (Lipinski definition) is 2. The van der Waals surface area contributed by atoms with Crippen molar-refractivity contribution in [2.24, 2.45) is 5.73 Å². The van der Waals surface area contributed by atoms with E-state index in [1.807, 2.05) is 0 Å². The van der Waals surface area contributed by atoms with Gasteiger partial charge in [0.05, 0.1) is 13.2 Å². The van der Waals surface area contributed by atoms with Gasteiger partial charge in [0.25, 0.3) is 0 Å². The summed E-state index contributed by atoms with van der Waals surface area (Å²) in [5.41, 5.74) is 5.40. The van der Waals surface area contributed by atoms with Crippen molar-refractivity contribution in [1.29, 1.82) is 0 Å². The van der Waals surface area contributed by atoms with Crippen LogP contribution in [0.3, 0.4) is 0 Å². The van der Waals surface area contributed by atoms with Gasteiger partial charge in [-0.15, -0.1) is 0 Å². The number of phosphoric acid groups is 1. The Morgan fingerprint density at radius 2 is 0.584 bits per heavy atom. The molecule has 0 saturated heterocycles. The van der Waals surface area contributed by atoms with Crippen molar-refractivity contribution in [3.05, 3.63) is 146 Å². The van der Waals surface area contributed by atoms with Gasteiger partial charge in [-0.3, -0.25) is 18.6 Å². The summed E-state index contributed by atoms with van der Waals surface area (Å²) in [6.45, 7) is 3.51. The predicted molar refractivity (Wildman–Crippen MR) is 385 cm³/mol. The van der Waals surface area contributed by atoms with Gasteiger partial charge in [-0.1, -0.05) is 327 Å². The molecule has 0 aliphatic carbocycles. The maximum Gasteiger partial charge on any atom is 0.472 e. The molecule has 0 aromatic heterocycles. The molecule has 0 radical (unpaired) electrons. The number of ether oxygens (including phenoxy) is 2. The molecule has 0 amide bonds. The SMILES string of the molecule is CC/C=C\C/C=C\C/C=C\C/C=C\C/C=C\C/C=C\C/C=C\CCCCCCCC(=O)OC(COC(=O)CCCCCCCCCCCCCCCCCCCCCCCCCCC/C=C\C/C=C\C/C=C\C/C=C\C/C=C\CC)COP(=O)(O)OCCN. The van der Waals surface area contributed by atoms with E-state index >= 15 is 0 Å². The third-order valence-electron chi connectivity index (χ3n) is 15.2. The first-order valence-corrected chi connectivity index (χ1v) is 37.8. The number of hydrogen-bond acceptors (Lipinski definition) is 8. The van der Waals surface area contributed by atoms with Gasteiger partial charge in [-0.25, -0.2) is 4.57 Å². The van der Waals surface area contributed by atoms with E-state index in [1.54, 1.807) is 0 Å². The number of rotatable bonds is 67. The molecule has 0 rings (SSSR count). The molecule has 2 atom stereocenters. The Hall–Kier alpha value is -4.11. The molecule has 0 aliphatic rings. The maximum absolute atomic E-state index is 12.8. The summed E-state index contributed by atoms with van der Waals surface area (Å²) in [6.07, 6.45) is 105. The first-order valence-electron chi connectivity index (χ1n) is 36.3. The Morgan fingerprint density at radius 3 is 0.865 bits per heavy atom. The maximum atomic E-state index is 12.8. The van der Waals surface area contributed by atoms with Crippen LogP contribution in [-0.4, -0.2) is 49.3 Å². The molecule has 0 spiro atoms. The van der Waals surface area contributed by atoms with Crippen molar-refractivity contribution in [1.82, 2.24) is 0 Å². The zero-order valence-electron chi connectivity index (χ0n) is 57.1. The average Bonchev–Trinajstić information content (AvgIpc) is 3.64. The number of allylic oxidation sites excluding steroid dienone is 24. The van der Waals surface area contributed by atoms with Gasteiger partial charge in [-0.05, 0) is 116 Å². The van der Waals surface area contributed by atoms with Crippen molar-refractivity contribution in [3.8, 4) is 0 Å². The quantitative estimate of drug-likeness (QED) is 0.0264. The zero-order valence-corrected chi connectivity index (χ0v) is 58.0. The molecule has 508 valence electrons. The molecule has 0 fully saturated rings. The number of unbranched alkanes of at least 4 members (excludes halogenated alkanes) is 30. The Labute approximate surface area is 547 Å². The van der Waals surface area contributed by atoms with Gasteiger partial charge >= 0.3 is 19.8 Å². The molecule has 0 heterocycles. The summed E-state index contributed by atoms with van der Waals surface area (Å²) in [6, 6.07) is 0. The summed E-state index contributed by atoms with van der Waals surface area (Å²) in [4.78, 5) is 35.4. The minimum atomic E-state index is -4.41. The Balaban J connectivity index is 3.85. The molecule has 0 saturated carbocycles. The van der Waals surface area contributed by atoms with Crippen LogP contribution in [0.5, 0.6) is 0 Å². The van der Waals surface area contributed by atoms with Gasteiger partial charge < -0.3 is 20.1 Å². The lowest BCUT2D eigenvalue weighted by Crippen LogP contribution is -2.29. The second kappa shape index (κ2) is 72.9. The molecule has 0 bridgehead atoms. The fourth-order valence-corrected chi connectivity index (χ4v) is 10.7. The third kappa shape index (κ3) is 72.8. The minimum Gasteiger partial charge on any atom is -0.462 e.